The highest BCUT2D eigenvalue weighted by molar-refractivity contribution is 7.86. The lowest BCUT2D eigenvalue weighted by Crippen LogP contribution is -2.18. The molecule has 0 radical (unpaired) electrons. The Balaban J connectivity index is 1.81. The summed E-state index contributed by atoms with van der Waals surface area (Å²) in [7, 11) is -2.16. The van der Waals surface area contributed by atoms with Gasteiger partial charge in [-0.15, -0.1) is 0 Å². The maximum absolute atomic E-state index is 12.5. The Morgan fingerprint density at radius 2 is 1.76 bits per heavy atom. The number of esters is 1. The van der Waals surface area contributed by atoms with Crippen LogP contribution in [0.1, 0.15) is 0 Å². The van der Waals surface area contributed by atoms with Crippen molar-refractivity contribution in [1.29, 1.82) is 0 Å². The van der Waals surface area contributed by atoms with Crippen LogP contribution in [0.15, 0.2) is 59.5 Å². The van der Waals surface area contributed by atoms with Gasteiger partial charge >= 0.3 is 5.97 Å². The van der Waals surface area contributed by atoms with Crippen LogP contribution in [0.4, 0.5) is 11.4 Å². The van der Waals surface area contributed by atoms with E-state index in [2.05, 4.69) is 0 Å². The lowest BCUT2D eigenvalue weighted by atomic mass is 10.1. The van der Waals surface area contributed by atoms with Gasteiger partial charge in [0.1, 0.15) is 16.4 Å². The normalized spacial score (nSPS) is 11.8. The minimum Gasteiger partial charge on any atom is -0.424 e. The van der Waals surface area contributed by atoms with Gasteiger partial charge in [-0.1, -0.05) is 41.9 Å². The monoisotopic (exact) mass is 434 g/mol. The molecule has 0 spiro atoms. The third-order valence-corrected chi connectivity index (χ3v) is 5.62. The minimum atomic E-state index is -2.16. The van der Waals surface area contributed by atoms with Crippen LogP contribution in [0.25, 0.3) is 10.8 Å². The molecular formula is C18H11ClN2O7S. The van der Waals surface area contributed by atoms with Crippen LogP contribution < -0.4 is 4.74 Å². The van der Waals surface area contributed by atoms with E-state index in [0.29, 0.717) is 11.5 Å². The maximum atomic E-state index is 12.5. The standard InChI is InChI=1S/C18H11ClN2O7S/c19-18-13-4-2-1-3-11(13)5-7-15(18)28-17(22)10-29(27)16-8-6-12(20(23)24)9-14(16)21(25)26/h1-9H,10H2. The number of benzene rings is 3. The first-order valence-electron chi connectivity index (χ1n) is 7.97. The second kappa shape index (κ2) is 8.33. The van der Waals surface area contributed by atoms with Gasteiger partial charge in [0.25, 0.3) is 11.4 Å². The number of nitro benzene ring substituents is 2. The van der Waals surface area contributed by atoms with Crippen molar-refractivity contribution < 1.29 is 23.6 Å². The number of halogens is 1. The first-order chi connectivity index (χ1) is 13.8. The van der Waals surface area contributed by atoms with E-state index in [1.54, 1.807) is 18.2 Å². The second-order valence-electron chi connectivity index (χ2n) is 5.73. The quantitative estimate of drug-likeness (QED) is 0.248. The van der Waals surface area contributed by atoms with Crippen molar-refractivity contribution in [2.45, 2.75) is 4.90 Å². The lowest BCUT2D eigenvalue weighted by Gasteiger charge is -2.09. The predicted octanol–water partition coefficient (Wildman–Crippen LogP) is 4.02. The number of rotatable bonds is 6. The van der Waals surface area contributed by atoms with Gasteiger partial charge in [-0.05, 0) is 17.5 Å². The van der Waals surface area contributed by atoms with Crippen molar-refractivity contribution in [3.8, 4) is 5.75 Å². The number of carbonyl (C=O) groups is 1. The summed E-state index contributed by atoms with van der Waals surface area (Å²) < 4.78 is 17.6. The summed E-state index contributed by atoms with van der Waals surface area (Å²) in [6.07, 6.45) is 0. The van der Waals surface area contributed by atoms with Crippen LogP contribution >= 0.6 is 11.6 Å². The summed E-state index contributed by atoms with van der Waals surface area (Å²) in [5.74, 6) is -1.55. The Labute approximate surface area is 170 Å². The minimum absolute atomic E-state index is 0.0607. The van der Waals surface area contributed by atoms with Crippen molar-refractivity contribution in [3.63, 3.8) is 0 Å². The molecule has 0 N–H and O–H groups in total. The zero-order valence-electron chi connectivity index (χ0n) is 14.4. The molecule has 0 aliphatic rings. The highest BCUT2D eigenvalue weighted by atomic mass is 35.5. The first-order valence-corrected chi connectivity index (χ1v) is 9.66. The molecule has 29 heavy (non-hydrogen) atoms. The Bertz CT molecular complexity index is 1180. The molecule has 0 aliphatic carbocycles. The molecule has 3 rings (SSSR count). The molecule has 0 saturated carbocycles. The average Bonchev–Trinajstić information content (AvgIpc) is 2.69. The fourth-order valence-electron chi connectivity index (χ4n) is 2.58. The third-order valence-electron chi connectivity index (χ3n) is 3.90. The predicted molar refractivity (Wildman–Crippen MR) is 106 cm³/mol. The molecule has 0 amide bonds. The number of ether oxygens (including phenoxy) is 1. The largest absolute Gasteiger partial charge is 0.424 e. The highest BCUT2D eigenvalue weighted by Crippen LogP contribution is 2.33. The van der Waals surface area contributed by atoms with Crippen LogP contribution in [-0.4, -0.2) is 25.8 Å². The van der Waals surface area contributed by atoms with E-state index in [1.165, 1.54) is 6.07 Å². The SMILES string of the molecule is O=C(CS(=O)c1ccc([N+](=O)[O-])cc1[N+](=O)[O-])Oc1ccc2ccccc2c1Cl. The van der Waals surface area contributed by atoms with Crippen LogP contribution in [0, 0.1) is 20.2 Å². The van der Waals surface area contributed by atoms with E-state index in [-0.39, 0.29) is 15.7 Å². The summed E-state index contributed by atoms with van der Waals surface area (Å²) >= 11 is 6.25. The van der Waals surface area contributed by atoms with Gasteiger partial charge in [0, 0.05) is 11.5 Å². The molecule has 11 heteroatoms. The number of hydrogen-bond donors (Lipinski definition) is 0. The maximum Gasteiger partial charge on any atom is 0.324 e. The smallest absolute Gasteiger partial charge is 0.324 e. The van der Waals surface area contributed by atoms with Crippen LogP contribution in [-0.2, 0) is 15.6 Å². The zero-order chi connectivity index (χ0) is 21.1. The molecule has 148 valence electrons. The van der Waals surface area contributed by atoms with Gasteiger partial charge in [-0.2, -0.15) is 0 Å². The summed E-state index contributed by atoms with van der Waals surface area (Å²) in [6, 6.07) is 13.0. The van der Waals surface area contributed by atoms with Crippen LogP contribution in [0.5, 0.6) is 5.75 Å². The molecule has 0 bridgehead atoms. The van der Waals surface area contributed by atoms with E-state index in [0.717, 1.165) is 17.5 Å². The molecule has 0 saturated heterocycles. The molecule has 0 heterocycles. The zero-order valence-corrected chi connectivity index (χ0v) is 16.0. The number of fused-ring (bicyclic) bond motifs is 1. The number of nitrogens with zero attached hydrogens (tertiary/aromatic N) is 2. The van der Waals surface area contributed by atoms with Crippen LogP contribution in [0.3, 0.4) is 0 Å². The Morgan fingerprint density at radius 1 is 1.03 bits per heavy atom. The summed E-state index contributed by atoms with van der Waals surface area (Å²) in [5, 5.41) is 23.6. The summed E-state index contributed by atoms with van der Waals surface area (Å²) in [4.78, 5) is 32.1. The van der Waals surface area contributed by atoms with Gasteiger partial charge in [-0.3, -0.25) is 29.2 Å². The molecule has 0 aromatic heterocycles. The van der Waals surface area contributed by atoms with Gasteiger partial charge in [-0.25, -0.2) is 0 Å². The Morgan fingerprint density at radius 3 is 2.45 bits per heavy atom. The second-order valence-corrected chi connectivity index (χ2v) is 7.53. The number of hydrogen-bond acceptors (Lipinski definition) is 7. The van der Waals surface area contributed by atoms with Crippen molar-refractivity contribution in [1.82, 2.24) is 0 Å². The van der Waals surface area contributed by atoms with E-state index < -0.39 is 43.7 Å². The van der Waals surface area contributed by atoms with E-state index in [9.17, 15) is 29.2 Å². The molecular weight excluding hydrogens is 424 g/mol. The van der Waals surface area contributed by atoms with Crippen molar-refractivity contribution >= 4 is 50.5 Å². The molecule has 1 atom stereocenters. The van der Waals surface area contributed by atoms with Crippen molar-refractivity contribution in [2.75, 3.05) is 5.75 Å². The van der Waals surface area contributed by atoms with Crippen LogP contribution in [0.2, 0.25) is 5.02 Å². The topological polar surface area (TPSA) is 130 Å². The van der Waals surface area contributed by atoms with Crippen molar-refractivity contribution in [3.05, 3.63) is 79.8 Å². The summed E-state index contributed by atoms with van der Waals surface area (Å²) in [5.41, 5.74) is -1.24. The van der Waals surface area contributed by atoms with E-state index >= 15 is 0 Å². The van der Waals surface area contributed by atoms with Gasteiger partial charge in [0.2, 0.25) is 0 Å². The molecule has 0 aliphatic heterocycles. The molecule has 3 aromatic rings. The Hall–Kier alpha value is -3.37. The van der Waals surface area contributed by atoms with Gasteiger partial charge in [0.05, 0.1) is 31.7 Å². The Kier molecular flexibility index (Phi) is 5.85. The van der Waals surface area contributed by atoms with E-state index in [1.807, 2.05) is 12.1 Å². The number of non-ortho nitro benzene ring substituents is 1. The van der Waals surface area contributed by atoms with Gasteiger partial charge < -0.3 is 4.74 Å². The fourth-order valence-corrected chi connectivity index (χ4v) is 3.87. The highest BCUT2D eigenvalue weighted by Gasteiger charge is 2.25. The molecule has 3 aromatic carbocycles. The number of nitro groups is 2. The molecule has 1 unspecified atom stereocenters. The fraction of sp³-hybridized carbons (Fsp3) is 0.0556. The lowest BCUT2D eigenvalue weighted by molar-refractivity contribution is -0.396. The number of carbonyl (C=O) groups excluding carboxylic acids is 1. The first kappa shape index (κ1) is 20.4. The average molecular weight is 435 g/mol. The van der Waals surface area contributed by atoms with Gasteiger partial charge in [0.15, 0.2) is 0 Å². The third kappa shape index (κ3) is 4.39. The molecule has 9 nitrogen and oxygen atoms in total. The van der Waals surface area contributed by atoms with E-state index in [4.69, 9.17) is 16.3 Å². The molecule has 0 fully saturated rings. The van der Waals surface area contributed by atoms with Crippen molar-refractivity contribution in [2.24, 2.45) is 0 Å². The summed E-state index contributed by atoms with van der Waals surface area (Å²) in [6.45, 7) is 0.